The monoisotopic (exact) mass is 202 g/mol. The van der Waals surface area contributed by atoms with Gasteiger partial charge >= 0.3 is 5.97 Å². The molecule has 1 heterocycles. The lowest BCUT2D eigenvalue weighted by Gasteiger charge is -2.08. The van der Waals surface area contributed by atoms with E-state index in [2.05, 4.69) is 0 Å². The van der Waals surface area contributed by atoms with Crippen LogP contribution in [0, 0.1) is 0 Å². The zero-order valence-corrected chi connectivity index (χ0v) is 8.73. The maximum absolute atomic E-state index is 11.2. The summed E-state index contributed by atoms with van der Waals surface area (Å²) in [5.74, 6) is -0.527. The molecule has 0 amide bonds. The molecule has 0 spiro atoms. The van der Waals surface area contributed by atoms with Gasteiger partial charge in [0.05, 0.1) is 18.8 Å². The molecule has 1 fully saturated rings. The summed E-state index contributed by atoms with van der Waals surface area (Å²) in [7, 11) is 0. The maximum atomic E-state index is 11.2. The van der Waals surface area contributed by atoms with Gasteiger partial charge in [0.15, 0.2) is 6.10 Å². The normalized spacial score (nSPS) is 27.1. The van der Waals surface area contributed by atoms with Gasteiger partial charge in [-0.1, -0.05) is 13.3 Å². The molecule has 0 aromatic heterocycles. The Morgan fingerprint density at radius 1 is 1.64 bits per heavy atom. The third-order valence-corrected chi connectivity index (χ3v) is 2.31. The molecule has 1 aliphatic heterocycles. The Labute approximate surface area is 84.2 Å². The minimum atomic E-state index is -1.03. The summed E-state index contributed by atoms with van der Waals surface area (Å²) in [6.07, 6.45) is 1.35. The summed E-state index contributed by atoms with van der Waals surface area (Å²) in [6, 6.07) is 0. The van der Waals surface area contributed by atoms with Gasteiger partial charge in [-0.15, -0.1) is 0 Å². The van der Waals surface area contributed by atoms with E-state index in [1.54, 1.807) is 0 Å². The van der Waals surface area contributed by atoms with Crippen LogP contribution in [-0.2, 0) is 14.3 Å². The van der Waals surface area contributed by atoms with Crippen LogP contribution in [0.2, 0.25) is 0 Å². The zero-order chi connectivity index (χ0) is 10.6. The molecule has 0 bridgehead atoms. The lowest BCUT2D eigenvalue weighted by Crippen LogP contribution is -2.25. The van der Waals surface area contributed by atoms with Gasteiger partial charge in [0.2, 0.25) is 0 Å². The van der Waals surface area contributed by atoms with E-state index in [-0.39, 0.29) is 12.2 Å². The van der Waals surface area contributed by atoms with Crippen molar-refractivity contribution in [1.29, 1.82) is 0 Å². The highest BCUT2D eigenvalue weighted by Crippen LogP contribution is 2.25. The number of aliphatic hydroxyl groups excluding tert-OH is 1. The molecule has 0 unspecified atom stereocenters. The first-order valence-corrected chi connectivity index (χ1v) is 5.15. The Kier molecular flexibility index (Phi) is 4.35. The summed E-state index contributed by atoms with van der Waals surface area (Å²) >= 11 is 0. The van der Waals surface area contributed by atoms with E-state index < -0.39 is 12.1 Å². The van der Waals surface area contributed by atoms with Gasteiger partial charge in [0.25, 0.3) is 0 Å². The van der Waals surface area contributed by atoms with Gasteiger partial charge in [-0.2, -0.15) is 0 Å². The van der Waals surface area contributed by atoms with Crippen molar-refractivity contribution >= 4 is 5.97 Å². The summed E-state index contributed by atoms with van der Waals surface area (Å²) in [4.78, 5) is 11.2. The fraction of sp³-hybridized carbons (Fsp3) is 0.900. The molecule has 1 N–H and O–H groups in total. The van der Waals surface area contributed by atoms with Crippen LogP contribution in [-0.4, -0.2) is 36.0 Å². The number of aliphatic hydroxyl groups is 1. The molecule has 0 aromatic rings. The molecule has 0 aromatic carbocycles. The van der Waals surface area contributed by atoms with Crippen molar-refractivity contribution in [2.24, 2.45) is 0 Å². The second kappa shape index (κ2) is 5.32. The summed E-state index contributed by atoms with van der Waals surface area (Å²) < 4.78 is 9.96. The summed E-state index contributed by atoms with van der Waals surface area (Å²) in [5, 5.41) is 9.39. The molecule has 0 radical (unpaired) electrons. The first kappa shape index (κ1) is 11.5. The van der Waals surface area contributed by atoms with Crippen molar-refractivity contribution in [2.75, 3.05) is 6.61 Å². The first-order chi connectivity index (χ1) is 6.65. The second-order valence-electron chi connectivity index (χ2n) is 3.65. The van der Waals surface area contributed by atoms with Crippen LogP contribution in [0.3, 0.4) is 0 Å². The first-order valence-electron chi connectivity index (χ1n) is 5.15. The molecule has 14 heavy (non-hydrogen) atoms. The van der Waals surface area contributed by atoms with Gasteiger partial charge in [-0.3, -0.25) is 0 Å². The Morgan fingerprint density at radius 2 is 2.29 bits per heavy atom. The van der Waals surface area contributed by atoms with E-state index in [9.17, 15) is 9.90 Å². The molecular formula is C10H18O4. The van der Waals surface area contributed by atoms with Crippen molar-refractivity contribution in [2.45, 2.75) is 51.4 Å². The number of epoxide rings is 1. The predicted octanol–water partition coefficient (Wildman–Crippen LogP) is 0.868. The number of esters is 1. The quantitative estimate of drug-likeness (QED) is 0.394. The standard InChI is InChI=1S/C10H18O4/c1-3-4-5-13-10(12)8(11)6-9-7(2)14-9/h7-9,11H,3-6H2,1-2H3/t7-,8+,9-/m0/s1. The second-order valence-corrected chi connectivity index (χ2v) is 3.65. The van der Waals surface area contributed by atoms with Gasteiger partial charge in [-0.05, 0) is 13.3 Å². The highest BCUT2D eigenvalue weighted by Gasteiger charge is 2.37. The average Bonchev–Trinajstić information content (AvgIpc) is 2.82. The van der Waals surface area contributed by atoms with Crippen LogP contribution in [0.4, 0.5) is 0 Å². The Bertz CT molecular complexity index is 193. The largest absolute Gasteiger partial charge is 0.464 e. The Hall–Kier alpha value is -0.610. The van der Waals surface area contributed by atoms with E-state index in [4.69, 9.17) is 9.47 Å². The van der Waals surface area contributed by atoms with Crippen molar-refractivity contribution < 1.29 is 19.4 Å². The molecule has 1 aliphatic rings. The van der Waals surface area contributed by atoms with Crippen LogP contribution in [0.5, 0.6) is 0 Å². The maximum Gasteiger partial charge on any atom is 0.335 e. The lowest BCUT2D eigenvalue weighted by molar-refractivity contribution is -0.154. The average molecular weight is 202 g/mol. The van der Waals surface area contributed by atoms with E-state index in [1.807, 2.05) is 13.8 Å². The SMILES string of the molecule is CCCCOC(=O)[C@H](O)C[C@@H]1O[C@H]1C. The van der Waals surface area contributed by atoms with Crippen LogP contribution >= 0.6 is 0 Å². The van der Waals surface area contributed by atoms with E-state index >= 15 is 0 Å². The summed E-state index contributed by atoms with van der Waals surface area (Å²) in [6.45, 7) is 4.33. The topological polar surface area (TPSA) is 59.1 Å². The van der Waals surface area contributed by atoms with Crippen molar-refractivity contribution in [3.63, 3.8) is 0 Å². The van der Waals surface area contributed by atoms with E-state index in [1.165, 1.54) is 0 Å². The van der Waals surface area contributed by atoms with Crippen molar-refractivity contribution in [3.8, 4) is 0 Å². The number of ether oxygens (including phenoxy) is 2. The van der Waals surface area contributed by atoms with Gasteiger partial charge in [0.1, 0.15) is 0 Å². The molecule has 3 atom stereocenters. The highest BCUT2D eigenvalue weighted by atomic mass is 16.6. The minimum Gasteiger partial charge on any atom is -0.464 e. The molecule has 1 rings (SSSR count). The Balaban J connectivity index is 2.09. The van der Waals surface area contributed by atoms with Crippen molar-refractivity contribution in [1.82, 2.24) is 0 Å². The van der Waals surface area contributed by atoms with Gasteiger partial charge < -0.3 is 14.6 Å². The smallest absolute Gasteiger partial charge is 0.335 e. The summed E-state index contributed by atoms with van der Waals surface area (Å²) in [5.41, 5.74) is 0. The molecule has 82 valence electrons. The zero-order valence-electron chi connectivity index (χ0n) is 8.73. The van der Waals surface area contributed by atoms with Crippen molar-refractivity contribution in [3.05, 3.63) is 0 Å². The number of hydrogen-bond acceptors (Lipinski definition) is 4. The third-order valence-electron chi connectivity index (χ3n) is 2.31. The molecule has 0 aliphatic carbocycles. The fourth-order valence-corrected chi connectivity index (χ4v) is 1.21. The molecule has 1 saturated heterocycles. The number of carbonyl (C=O) groups is 1. The fourth-order valence-electron chi connectivity index (χ4n) is 1.21. The van der Waals surface area contributed by atoms with Gasteiger partial charge in [-0.25, -0.2) is 4.79 Å². The number of hydrogen-bond donors (Lipinski definition) is 1. The predicted molar refractivity (Wildman–Crippen MR) is 50.8 cm³/mol. The lowest BCUT2D eigenvalue weighted by atomic mass is 10.1. The molecule has 4 heteroatoms. The molecule has 4 nitrogen and oxygen atoms in total. The van der Waals surface area contributed by atoms with Crippen LogP contribution in [0.1, 0.15) is 33.1 Å². The molecule has 0 saturated carbocycles. The van der Waals surface area contributed by atoms with Crippen LogP contribution in [0.15, 0.2) is 0 Å². The highest BCUT2D eigenvalue weighted by molar-refractivity contribution is 5.74. The number of unbranched alkanes of at least 4 members (excludes halogenated alkanes) is 1. The Morgan fingerprint density at radius 3 is 2.79 bits per heavy atom. The van der Waals surface area contributed by atoms with E-state index in [0.29, 0.717) is 13.0 Å². The van der Waals surface area contributed by atoms with Crippen LogP contribution in [0.25, 0.3) is 0 Å². The van der Waals surface area contributed by atoms with Gasteiger partial charge in [0, 0.05) is 6.42 Å². The third kappa shape index (κ3) is 3.64. The minimum absolute atomic E-state index is 0.0312. The number of rotatable bonds is 6. The van der Waals surface area contributed by atoms with Crippen LogP contribution < -0.4 is 0 Å². The number of carbonyl (C=O) groups excluding carboxylic acids is 1. The molecular weight excluding hydrogens is 184 g/mol. The van der Waals surface area contributed by atoms with E-state index in [0.717, 1.165) is 12.8 Å².